The lowest BCUT2D eigenvalue weighted by Crippen LogP contribution is -2.30. The van der Waals surface area contributed by atoms with Gasteiger partial charge in [-0.05, 0) is 18.2 Å². The second-order valence-corrected chi connectivity index (χ2v) is 5.20. The number of ketones is 1. The van der Waals surface area contributed by atoms with Gasteiger partial charge in [-0.15, -0.1) is 10.2 Å². The van der Waals surface area contributed by atoms with Gasteiger partial charge in [-0.3, -0.25) is 4.79 Å². The summed E-state index contributed by atoms with van der Waals surface area (Å²) >= 11 is 7.13. The maximum absolute atomic E-state index is 12.3. The topological polar surface area (TPSA) is 84.3 Å². The van der Waals surface area contributed by atoms with E-state index in [0.29, 0.717) is 21.5 Å². The van der Waals surface area contributed by atoms with Crippen LogP contribution in [0.2, 0.25) is 5.02 Å². The maximum Gasteiger partial charge on any atom is 0.229 e. The van der Waals surface area contributed by atoms with Crippen molar-refractivity contribution in [3.8, 4) is 5.75 Å². The molecule has 0 amide bonds. The number of halogens is 1. The summed E-state index contributed by atoms with van der Waals surface area (Å²) in [7, 11) is 0. The van der Waals surface area contributed by atoms with Crippen molar-refractivity contribution in [3.63, 3.8) is 0 Å². The number of carbonyl (C=O) groups excluding carboxylic acids is 1. The Morgan fingerprint density at radius 1 is 1.50 bits per heavy atom. The van der Waals surface area contributed by atoms with Gasteiger partial charge in [0.2, 0.25) is 17.2 Å². The zero-order valence-electron chi connectivity index (χ0n) is 9.91. The average Bonchev–Trinajstić information content (AvgIpc) is 2.93. The molecule has 0 spiro atoms. The summed E-state index contributed by atoms with van der Waals surface area (Å²) in [5.74, 6) is -0.0433. The van der Waals surface area contributed by atoms with E-state index in [1.807, 2.05) is 0 Å². The molecule has 8 heteroatoms. The Balaban J connectivity index is 1.93. The molecule has 2 N–H and O–H groups in total. The van der Waals surface area contributed by atoms with Crippen molar-refractivity contribution < 1.29 is 14.6 Å². The van der Waals surface area contributed by atoms with Crippen molar-refractivity contribution in [2.45, 2.75) is 6.29 Å². The molecule has 6 nitrogen and oxygen atoms in total. The molecule has 0 fully saturated rings. The fourth-order valence-electron chi connectivity index (χ4n) is 1.75. The molecule has 0 radical (unpaired) electrons. The number of ether oxygens (including phenoxy) is 1. The molecule has 0 unspecified atom stereocenters. The first kappa shape index (κ1) is 13.0. The number of anilines is 1. The molecule has 0 saturated carbocycles. The number of benzene rings is 1. The molecule has 0 saturated heterocycles. The summed E-state index contributed by atoms with van der Waals surface area (Å²) in [6, 6.07) is 4.65. The van der Waals surface area contributed by atoms with Gasteiger partial charge >= 0.3 is 0 Å². The van der Waals surface area contributed by atoms with Gasteiger partial charge in [0.05, 0.1) is 11.1 Å². The van der Waals surface area contributed by atoms with Gasteiger partial charge < -0.3 is 15.2 Å². The zero-order valence-corrected chi connectivity index (χ0v) is 11.5. The van der Waals surface area contributed by atoms with Crippen LogP contribution in [-0.4, -0.2) is 27.4 Å². The fourth-order valence-corrected chi connectivity index (χ4v) is 2.33. The minimum Gasteiger partial charge on any atom is -0.460 e. The van der Waals surface area contributed by atoms with Crippen molar-refractivity contribution >= 4 is 33.9 Å². The van der Waals surface area contributed by atoms with Crippen LogP contribution in [0.4, 0.5) is 5.13 Å². The Hall–Kier alpha value is -1.96. The number of aliphatic hydroxyl groups is 1. The van der Waals surface area contributed by atoms with Gasteiger partial charge in [-0.2, -0.15) is 0 Å². The van der Waals surface area contributed by atoms with Crippen LogP contribution in [0, 0.1) is 0 Å². The normalized spacial score (nSPS) is 19.6. The van der Waals surface area contributed by atoms with Crippen molar-refractivity contribution in [1.29, 1.82) is 0 Å². The number of hydrogen-bond donors (Lipinski definition) is 2. The predicted molar refractivity (Wildman–Crippen MR) is 74.0 cm³/mol. The molecule has 2 heterocycles. The van der Waals surface area contributed by atoms with Gasteiger partial charge in [-0.25, -0.2) is 0 Å². The van der Waals surface area contributed by atoms with Crippen molar-refractivity contribution in [1.82, 2.24) is 10.2 Å². The number of nitrogens with one attached hydrogen (secondary N) is 1. The smallest absolute Gasteiger partial charge is 0.229 e. The molecule has 1 aromatic carbocycles. The third-order valence-corrected chi connectivity index (χ3v) is 3.52. The Bertz CT molecular complexity index is 687. The number of rotatable bonds is 2. The van der Waals surface area contributed by atoms with Gasteiger partial charge in [0.15, 0.2) is 0 Å². The van der Waals surface area contributed by atoms with Crippen LogP contribution >= 0.6 is 22.9 Å². The van der Waals surface area contributed by atoms with E-state index in [0.717, 1.165) is 0 Å². The molecular formula is C12H8ClN3O3S. The quantitative estimate of drug-likeness (QED) is 0.826. The van der Waals surface area contributed by atoms with E-state index in [-0.39, 0.29) is 11.4 Å². The molecule has 2 aromatic rings. The van der Waals surface area contributed by atoms with E-state index < -0.39 is 6.29 Å². The summed E-state index contributed by atoms with van der Waals surface area (Å²) in [4.78, 5) is 12.3. The Labute approximate surface area is 122 Å². The van der Waals surface area contributed by atoms with Crippen LogP contribution in [0.1, 0.15) is 10.4 Å². The largest absolute Gasteiger partial charge is 0.460 e. The van der Waals surface area contributed by atoms with E-state index in [1.165, 1.54) is 23.6 Å². The summed E-state index contributed by atoms with van der Waals surface area (Å²) in [5.41, 5.74) is 1.94. The van der Waals surface area contributed by atoms with Crippen LogP contribution in [0.15, 0.2) is 35.5 Å². The first-order valence-electron chi connectivity index (χ1n) is 5.57. The minimum atomic E-state index is -1.34. The highest BCUT2D eigenvalue weighted by Gasteiger charge is 2.30. The van der Waals surface area contributed by atoms with E-state index in [9.17, 15) is 9.90 Å². The molecule has 1 atom stereocenters. The number of carbonyl (C=O) groups is 1. The average molecular weight is 310 g/mol. The summed E-state index contributed by atoms with van der Waals surface area (Å²) < 4.78 is 5.27. The lowest BCUT2D eigenvalue weighted by molar-refractivity contribution is 0.00785. The van der Waals surface area contributed by atoms with E-state index in [1.54, 1.807) is 17.6 Å². The highest BCUT2D eigenvalue weighted by molar-refractivity contribution is 7.13. The SMILES string of the molecule is O=C1/C(=C\Nc2nncs2)[C@@H](O)Oc2ccc(Cl)cc21. The van der Waals surface area contributed by atoms with Gasteiger partial charge in [0, 0.05) is 11.2 Å². The van der Waals surface area contributed by atoms with Crippen LogP contribution in [0.5, 0.6) is 5.75 Å². The second-order valence-electron chi connectivity index (χ2n) is 3.93. The number of Topliss-reactive ketones (excluding diaryl/α,β-unsaturated/α-hetero) is 1. The second kappa shape index (κ2) is 5.20. The highest BCUT2D eigenvalue weighted by Crippen LogP contribution is 2.31. The lowest BCUT2D eigenvalue weighted by atomic mass is 10.00. The van der Waals surface area contributed by atoms with Crippen molar-refractivity contribution in [3.05, 3.63) is 46.1 Å². The monoisotopic (exact) mass is 309 g/mol. The minimum absolute atomic E-state index is 0.0787. The van der Waals surface area contributed by atoms with Crippen LogP contribution in [0.3, 0.4) is 0 Å². The summed E-state index contributed by atoms with van der Waals surface area (Å²) in [6.07, 6.45) is 0.0220. The number of fused-ring (bicyclic) bond motifs is 1. The molecule has 102 valence electrons. The Morgan fingerprint density at radius 2 is 2.35 bits per heavy atom. The number of aromatic nitrogens is 2. The Morgan fingerprint density at radius 3 is 3.10 bits per heavy atom. The number of nitrogens with zero attached hydrogens (tertiary/aromatic N) is 2. The molecule has 0 aliphatic carbocycles. The molecule has 0 bridgehead atoms. The molecule has 1 aliphatic rings. The molecule has 20 heavy (non-hydrogen) atoms. The van der Waals surface area contributed by atoms with Gasteiger partial charge in [-0.1, -0.05) is 22.9 Å². The fraction of sp³-hybridized carbons (Fsp3) is 0.0833. The summed E-state index contributed by atoms with van der Waals surface area (Å²) in [6.45, 7) is 0. The molecule has 1 aromatic heterocycles. The predicted octanol–water partition coefficient (Wildman–Crippen LogP) is 2.08. The number of aliphatic hydroxyl groups excluding tert-OH is 1. The van der Waals surface area contributed by atoms with Crippen LogP contribution in [-0.2, 0) is 0 Å². The zero-order chi connectivity index (χ0) is 14.1. The van der Waals surface area contributed by atoms with Crippen LogP contribution in [0.25, 0.3) is 0 Å². The van der Waals surface area contributed by atoms with Gasteiger partial charge in [0.1, 0.15) is 11.3 Å². The third-order valence-electron chi connectivity index (χ3n) is 2.66. The molecular weight excluding hydrogens is 302 g/mol. The lowest BCUT2D eigenvalue weighted by Gasteiger charge is -2.23. The van der Waals surface area contributed by atoms with Crippen LogP contribution < -0.4 is 10.1 Å². The first-order valence-corrected chi connectivity index (χ1v) is 6.82. The maximum atomic E-state index is 12.3. The van der Waals surface area contributed by atoms with Gasteiger partial charge in [0.25, 0.3) is 0 Å². The molecule has 1 aliphatic heterocycles. The van der Waals surface area contributed by atoms with E-state index >= 15 is 0 Å². The number of hydrogen-bond acceptors (Lipinski definition) is 7. The Kier molecular flexibility index (Phi) is 3.39. The highest BCUT2D eigenvalue weighted by atomic mass is 35.5. The van der Waals surface area contributed by atoms with E-state index in [4.69, 9.17) is 16.3 Å². The standard InChI is InChI=1S/C12H8ClN3O3S/c13-6-1-2-9-7(3-6)10(17)8(11(18)19-9)4-14-12-16-15-5-20-12/h1-5,11,18H,(H,14,16)/b8-4+/t11-/m0/s1. The summed E-state index contributed by atoms with van der Waals surface area (Å²) in [5, 5.41) is 21.0. The third kappa shape index (κ3) is 2.38. The molecule has 3 rings (SSSR count). The van der Waals surface area contributed by atoms with Crippen molar-refractivity contribution in [2.75, 3.05) is 5.32 Å². The van der Waals surface area contributed by atoms with E-state index in [2.05, 4.69) is 15.5 Å². The first-order chi connectivity index (χ1) is 9.65. The van der Waals surface area contributed by atoms with Crippen molar-refractivity contribution in [2.24, 2.45) is 0 Å².